The molecule has 1 aromatic rings. The first-order valence-electron chi connectivity index (χ1n) is 5.20. The average molecular weight is 206 g/mol. The lowest BCUT2D eigenvalue weighted by Crippen LogP contribution is -2.36. The maximum absolute atomic E-state index is 11.2. The molecule has 1 rings (SSSR count). The quantitative estimate of drug-likeness (QED) is 0.774. The van der Waals surface area contributed by atoms with Crippen molar-refractivity contribution in [2.24, 2.45) is 11.7 Å². The molecule has 0 aromatic heterocycles. The normalized spacial score (nSPS) is 12.5. The third-order valence-corrected chi connectivity index (χ3v) is 2.17. The maximum Gasteiger partial charge on any atom is 0.239 e. The molecule has 1 amide bonds. The Morgan fingerprint density at radius 1 is 1.33 bits per heavy atom. The predicted molar refractivity (Wildman–Crippen MR) is 62.5 cm³/mol. The molecule has 0 spiro atoms. The van der Waals surface area contributed by atoms with Crippen molar-refractivity contribution < 1.29 is 4.79 Å². The summed E-state index contributed by atoms with van der Waals surface area (Å²) in [6.07, 6.45) is 0.754. The highest BCUT2D eigenvalue weighted by Gasteiger charge is 2.16. The largest absolute Gasteiger partial charge is 0.374 e. The molecule has 0 radical (unpaired) electrons. The highest BCUT2D eigenvalue weighted by atomic mass is 16.1. The van der Waals surface area contributed by atoms with Gasteiger partial charge in [0.15, 0.2) is 0 Å². The van der Waals surface area contributed by atoms with Gasteiger partial charge in [0.2, 0.25) is 5.91 Å². The maximum atomic E-state index is 11.2. The number of para-hydroxylation sites is 1. The van der Waals surface area contributed by atoms with Crippen LogP contribution in [0.25, 0.3) is 0 Å². The molecule has 0 aliphatic rings. The summed E-state index contributed by atoms with van der Waals surface area (Å²) >= 11 is 0. The van der Waals surface area contributed by atoms with Crippen molar-refractivity contribution in [1.82, 2.24) is 0 Å². The number of rotatable bonds is 5. The van der Waals surface area contributed by atoms with Crippen LogP contribution >= 0.6 is 0 Å². The van der Waals surface area contributed by atoms with Gasteiger partial charge in [0.1, 0.15) is 6.04 Å². The molecule has 82 valence electrons. The summed E-state index contributed by atoms with van der Waals surface area (Å²) in [4.78, 5) is 11.2. The van der Waals surface area contributed by atoms with E-state index in [0.717, 1.165) is 12.1 Å². The third-order valence-electron chi connectivity index (χ3n) is 2.17. The number of benzene rings is 1. The van der Waals surface area contributed by atoms with Gasteiger partial charge in [-0.1, -0.05) is 32.0 Å². The Morgan fingerprint density at radius 2 is 1.93 bits per heavy atom. The van der Waals surface area contributed by atoms with Gasteiger partial charge in [0.05, 0.1) is 0 Å². The van der Waals surface area contributed by atoms with Gasteiger partial charge in [-0.25, -0.2) is 0 Å². The van der Waals surface area contributed by atoms with Crippen LogP contribution in [-0.4, -0.2) is 11.9 Å². The molecule has 3 nitrogen and oxygen atoms in total. The Labute approximate surface area is 90.7 Å². The Bertz CT molecular complexity index is 309. The smallest absolute Gasteiger partial charge is 0.239 e. The van der Waals surface area contributed by atoms with Gasteiger partial charge in [-0.2, -0.15) is 0 Å². The molecule has 0 bridgehead atoms. The second-order valence-corrected chi connectivity index (χ2v) is 4.09. The minimum absolute atomic E-state index is 0.285. The van der Waals surface area contributed by atoms with E-state index in [1.165, 1.54) is 0 Å². The minimum Gasteiger partial charge on any atom is -0.374 e. The minimum atomic E-state index is -0.299. The molecule has 3 N–H and O–H groups in total. The SMILES string of the molecule is CC(C)CC(Nc1ccccc1)C(N)=O. The number of amides is 1. The van der Waals surface area contributed by atoms with Crippen molar-refractivity contribution in [3.8, 4) is 0 Å². The van der Waals surface area contributed by atoms with Crippen molar-refractivity contribution in [1.29, 1.82) is 0 Å². The van der Waals surface area contributed by atoms with E-state index in [2.05, 4.69) is 19.2 Å². The number of nitrogens with two attached hydrogens (primary N) is 1. The summed E-state index contributed by atoms with van der Waals surface area (Å²) < 4.78 is 0. The van der Waals surface area contributed by atoms with E-state index >= 15 is 0 Å². The highest BCUT2D eigenvalue weighted by molar-refractivity contribution is 5.82. The van der Waals surface area contributed by atoms with Crippen LogP contribution < -0.4 is 11.1 Å². The molecule has 3 heteroatoms. The van der Waals surface area contributed by atoms with E-state index in [0.29, 0.717) is 5.92 Å². The summed E-state index contributed by atoms with van der Waals surface area (Å²) in [7, 11) is 0. The van der Waals surface area contributed by atoms with E-state index in [1.54, 1.807) is 0 Å². The predicted octanol–water partition coefficient (Wildman–Crippen LogP) is 2.00. The van der Waals surface area contributed by atoms with Crippen molar-refractivity contribution in [3.63, 3.8) is 0 Å². The second-order valence-electron chi connectivity index (χ2n) is 4.09. The Hall–Kier alpha value is -1.51. The van der Waals surface area contributed by atoms with Crippen LogP contribution in [0.2, 0.25) is 0 Å². The Kier molecular flexibility index (Phi) is 4.16. The Balaban J connectivity index is 2.63. The summed E-state index contributed by atoms with van der Waals surface area (Å²) in [6, 6.07) is 9.36. The zero-order chi connectivity index (χ0) is 11.3. The fourth-order valence-corrected chi connectivity index (χ4v) is 1.45. The van der Waals surface area contributed by atoms with E-state index in [1.807, 2.05) is 30.3 Å². The molecule has 0 aliphatic heterocycles. The van der Waals surface area contributed by atoms with Crippen LogP contribution in [-0.2, 0) is 4.79 Å². The lowest BCUT2D eigenvalue weighted by atomic mass is 10.0. The van der Waals surface area contributed by atoms with Crippen LogP contribution in [0, 0.1) is 5.92 Å². The number of anilines is 1. The number of carbonyl (C=O) groups is 1. The van der Waals surface area contributed by atoms with Gasteiger partial charge >= 0.3 is 0 Å². The zero-order valence-electron chi connectivity index (χ0n) is 9.23. The van der Waals surface area contributed by atoms with Crippen molar-refractivity contribution in [2.75, 3.05) is 5.32 Å². The molecule has 0 fully saturated rings. The number of nitrogens with one attached hydrogen (secondary N) is 1. The molecule has 1 unspecified atom stereocenters. The topological polar surface area (TPSA) is 55.1 Å². The summed E-state index contributed by atoms with van der Waals surface area (Å²) in [5.41, 5.74) is 6.26. The number of carbonyl (C=O) groups excluding carboxylic acids is 1. The number of hydrogen-bond acceptors (Lipinski definition) is 2. The van der Waals surface area contributed by atoms with Gasteiger partial charge in [-0.3, -0.25) is 4.79 Å². The molecule has 0 aliphatic carbocycles. The molecule has 0 heterocycles. The molecule has 1 aromatic carbocycles. The van der Waals surface area contributed by atoms with Gasteiger partial charge < -0.3 is 11.1 Å². The van der Waals surface area contributed by atoms with Crippen molar-refractivity contribution >= 4 is 11.6 Å². The van der Waals surface area contributed by atoms with Gasteiger partial charge in [0.25, 0.3) is 0 Å². The molecule has 15 heavy (non-hydrogen) atoms. The van der Waals surface area contributed by atoms with Gasteiger partial charge in [-0.05, 0) is 24.5 Å². The highest BCUT2D eigenvalue weighted by Crippen LogP contribution is 2.12. The van der Waals surface area contributed by atoms with E-state index in [4.69, 9.17) is 5.73 Å². The fraction of sp³-hybridized carbons (Fsp3) is 0.417. The fourth-order valence-electron chi connectivity index (χ4n) is 1.45. The van der Waals surface area contributed by atoms with Crippen LogP contribution in [0.3, 0.4) is 0 Å². The Morgan fingerprint density at radius 3 is 2.40 bits per heavy atom. The van der Waals surface area contributed by atoms with E-state index in [-0.39, 0.29) is 11.9 Å². The summed E-state index contributed by atoms with van der Waals surface area (Å²) in [5, 5.41) is 3.14. The molecule has 0 saturated carbocycles. The van der Waals surface area contributed by atoms with Crippen molar-refractivity contribution in [2.45, 2.75) is 26.3 Å². The van der Waals surface area contributed by atoms with Crippen LogP contribution in [0.1, 0.15) is 20.3 Å². The number of hydrogen-bond donors (Lipinski definition) is 2. The summed E-state index contributed by atoms with van der Waals surface area (Å²) in [5.74, 6) is 0.145. The van der Waals surface area contributed by atoms with E-state index in [9.17, 15) is 4.79 Å². The lowest BCUT2D eigenvalue weighted by molar-refractivity contribution is -0.119. The first kappa shape index (κ1) is 11.6. The van der Waals surface area contributed by atoms with Crippen molar-refractivity contribution in [3.05, 3.63) is 30.3 Å². The standard InChI is InChI=1S/C12H18N2O/c1-9(2)8-11(12(13)15)14-10-6-4-3-5-7-10/h3-7,9,11,14H,8H2,1-2H3,(H2,13,15). The van der Waals surface area contributed by atoms with Gasteiger partial charge in [0, 0.05) is 5.69 Å². The zero-order valence-corrected chi connectivity index (χ0v) is 9.23. The van der Waals surface area contributed by atoms with Crippen LogP contribution in [0.5, 0.6) is 0 Å². The average Bonchev–Trinajstić information content (AvgIpc) is 2.17. The van der Waals surface area contributed by atoms with Crippen LogP contribution in [0.15, 0.2) is 30.3 Å². The van der Waals surface area contributed by atoms with E-state index < -0.39 is 0 Å². The molecule has 0 saturated heterocycles. The molecular weight excluding hydrogens is 188 g/mol. The first-order valence-corrected chi connectivity index (χ1v) is 5.20. The molecule has 1 atom stereocenters. The third kappa shape index (κ3) is 4.02. The first-order chi connectivity index (χ1) is 7.09. The van der Waals surface area contributed by atoms with Gasteiger partial charge in [-0.15, -0.1) is 0 Å². The summed E-state index contributed by atoms with van der Waals surface area (Å²) in [6.45, 7) is 4.14. The monoisotopic (exact) mass is 206 g/mol. The van der Waals surface area contributed by atoms with Crippen LogP contribution in [0.4, 0.5) is 5.69 Å². The lowest BCUT2D eigenvalue weighted by Gasteiger charge is -2.18. The second kappa shape index (κ2) is 5.39. The number of primary amides is 1. The molecular formula is C12H18N2O.